The molecule has 0 heterocycles. The van der Waals surface area contributed by atoms with Crippen LogP contribution in [0.5, 0.6) is 0 Å². The van der Waals surface area contributed by atoms with Gasteiger partial charge in [0.25, 0.3) is 0 Å². The van der Waals surface area contributed by atoms with Gasteiger partial charge in [0.15, 0.2) is 0 Å². The lowest BCUT2D eigenvalue weighted by Crippen LogP contribution is -2.02. The van der Waals surface area contributed by atoms with Gasteiger partial charge in [-0.3, -0.25) is 9.59 Å². The molecule has 2 N–H and O–H groups in total. The van der Waals surface area contributed by atoms with Gasteiger partial charge in [0.1, 0.15) is 0 Å². The number of carboxylic acid groups (broad SMARTS) is 2. The van der Waals surface area contributed by atoms with Gasteiger partial charge in [0.2, 0.25) is 0 Å². The second-order valence-corrected chi connectivity index (χ2v) is 4.19. The molecule has 1 aliphatic rings. The van der Waals surface area contributed by atoms with E-state index in [1.165, 1.54) is 6.08 Å². The highest BCUT2D eigenvalue weighted by Crippen LogP contribution is 2.59. The minimum absolute atomic E-state index is 0.0284. The monoisotopic (exact) mass is 198 g/mol. The first kappa shape index (κ1) is 10.8. The van der Waals surface area contributed by atoms with Crippen molar-refractivity contribution in [3.8, 4) is 0 Å². The summed E-state index contributed by atoms with van der Waals surface area (Å²) in [6.45, 7) is 3.75. The van der Waals surface area contributed by atoms with Crippen LogP contribution in [-0.2, 0) is 9.59 Å². The van der Waals surface area contributed by atoms with Crippen LogP contribution >= 0.6 is 0 Å². The first-order chi connectivity index (χ1) is 6.37. The first-order valence-electron chi connectivity index (χ1n) is 4.48. The van der Waals surface area contributed by atoms with Crippen LogP contribution in [0, 0.1) is 17.3 Å². The van der Waals surface area contributed by atoms with Crippen molar-refractivity contribution in [1.29, 1.82) is 0 Å². The van der Waals surface area contributed by atoms with E-state index < -0.39 is 11.9 Å². The fraction of sp³-hybridized carbons (Fsp3) is 0.600. The number of allylic oxidation sites excluding steroid dienone is 1. The Labute approximate surface area is 82.2 Å². The SMILES string of the molecule is CC1(C)C(C=CCC(=O)O)C1C(=O)O. The third-order valence-corrected chi connectivity index (χ3v) is 2.81. The molecule has 0 amide bonds. The summed E-state index contributed by atoms with van der Waals surface area (Å²) >= 11 is 0. The average molecular weight is 198 g/mol. The van der Waals surface area contributed by atoms with Crippen molar-refractivity contribution in [2.45, 2.75) is 20.3 Å². The van der Waals surface area contributed by atoms with E-state index in [9.17, 15) is 9.59 Å². The molecule has 2 unspecified atom stereocenters. The van der Waals surface area contributed by atoms with E-state index in [1.807, 2.05) is 13.8 Å². The van der Waals surface area contributed by atoms with E-state index in [4.69, 9.17) is 10.2 Å². The smallest absolute Gasteiger partial charge is 0.307 e. The Balaban J connectivity index is 2.53. The number of carbonyl (C=O) groups is 2. The van der Waals surface area contributed by atoms with Crippen LogP contribution in [0.1, 0.15) is 20.3 Å². The predicted molar refractivity (Wildman–Crippen MR) is 49.8 cm³/mol. The van der Waals surface area contributed by atoms with E-state index in [1.54, 1.807) is 6.08 Å². The molecule has 0 radical (unpaired) electrons. The molecule has 1 rings (SSSR count). The van der Waals surface area contributed by atoms with Gasteiger partial charge in [-0.15, -0.1) is 0 Å². The number of hydrogen-bond donors (Lipinski definition) is 2. The molecule has 1 aliphatic carbocycles. The molecule has 0 aromatic carbocycles. The van der Waals surface area contributed by atoms with Crippen LogP contribution in [0.15, 0.2) is 12.2 Å². The Hall–Kier alpha value is -1.32. The molecule has 14 heavy (non-hydrogen) atoms. The summed E-state index contributed by atoms with van der Waals surface area (Å²) in [4.78, 5) is 20.9. The second-order valence-electron chi connectivity index (χ2n) is 4.19. The fourth-order valence-corrected chi connectivity index (χ4v) is 1.82. The summed E-state index contributed by atoms with van der Waals surface area (Å²) in [5.41, 5.74) is -0.235. The third-order valence-electron chi connectivity index (χ3n) is 2.81. The summed E-state index contributed by atoms with van der Waals surface area (Å²) in [6.07, 6.45) is 3.18. The molecule has 2 atom stereocenters. The topological polar surface area (TPSA) is 74.6 Å². The van der Waals surface area contributed by atoms with Crippen LogP contribution in [0.25, 0.3) is 0 Å². The summed E-state index contributed by atoms with van der Waals surface area (Å²) in [7, 11) is 0. The lowest BCUT2D eigenvalue weighted by atomic mass is 10.1. The summed E-state index contributed by atoms with van der Waals surface area (Å²) < 4.78 is 0. The molecule has 4 heteroatoms. The van der Waals surface area contributed by atoms with Gasteiger partial charge >= 0.3 is 11.9 Å². The molecule has 1 fully saturated rings. The molecular weight excluding hydrogens is 184 g/mol. The highest BCUT2D eigenvalue weighted by molar-refractivity contribution is 5.76. The summed E-state index contributed by atoms with van der Waals surface area (Å²) in [6, 6.07) is 0. The molecule has 0 aromatic heterocycles. The van der Waals surface area contributed by atoms with E-state index in [0.717, 1.165) is 0 Å². The van der Waals surface area contributed by atoms with Crippen molar-refractivity contribution >= 4 is 11.9 Å². The van der Waals surface area contributed by atoms with Gasteiger partial charge in [-0.25, -0.2) is 0 Å². The minimum Gasteiger partial charge on any atom is -0.481 e. The van der Waals surface area contributed by atoms with Crippen molar-refractivity contribution < 1.29 is 19.8 Å². The Morgan fingerprint density at radius 3 is 2.29 bits per heavy atom. The molecule has 4 nitrogen and oxygen atoms in total. The van der Waals surface area contributed by atoms with Gasteiger partial charge in [-0.05, 0) is 11.3 Å². The van der Waals surface area contributed by atoms with Gasteiger partial charge in [0, 0.05) is 0 Å². The molecule has 0 spiro atoms. The first-order valence-corrected chi connectivity index (χ1v) is 4.48. The van der Waals surface area contributed by atoms with Crippen molar-refractivity contribution in [3.05, 3.63) is 12.2 Å². The zero-order chi connectivity index (χ0) is 10.9. The molecular formula is C10H14O4. The van der Waals surface area contributed by atoms with Gasteiger partial charge in [0.05, 0.1) is 12.3 Å². The van der Waals surface area contributed by atoms with E-state index >= 15 is 0 Å². The van der Waals surface area contributed by atoms with Crippen LogP contribution in [0.3, 0.4) is 0 Å². The van der Waals surface area contributed by atoms with Gasteiger partial charge in [-0.1, -0.05) is 26.0 Å². The average Bonchev–Trinajstić information content (AvgIpc) is 2.52. The quantitative estimate of drug-likeness (QED) is 0.669. The Morgan fingerprint density at radius 1 is 1.36 bits per heavy atom. The Bertz CT molecular complexity index is 290. The maximum atomic E-state index is 10.7. The largest absolute Gasteiger partial charge is 0.481 e. The van der Waals surface area contributed by atoms with E-state index in [2.05, 4.69) is 0 Å². The molecule has 0 aromatic rings. The Morgan fingerprint density at radius 2 is 1.93 bits per heavy atom. The zero-order valence-electron chi connectivity index (χ0n) is 8.23. The lowest BCUT2D eigenvalue weighted by Gasteiger charge is -1.96. The number of hydrogen-bond acceptors (Lipinski definition) is 2. The zero-order valence-corrected chi connectivity index (χ0v) is 8.23. The maximum absolute atomic E-state index is 10.7. The van der Waals surface area contributed by atoms with Crippen LogP contribution in [-0.4, -0.2) is 22.2 Å². The lowest BCUT2D eigenvalue weighted by molar-refractivity contribution is -0.139. The highest BCUT2D eigenvalue weighted by atomic mass is 16.4. The van der Waals surface area contributed by atoms with Crippen molar-refractivity contribution in [1.82, 2.24) is 0 Å². The van der Waals surface area contributed by atoms with Crippen molar-refractivity contribution in [2.75, 3.05) is 0 Å². The summed E-state index contributed by atoms with van der Waals surface area (Å²) in [5.74, 6) is -2.10. The molecule has 0 bridgehead atoms. The number of carboxylic acids is 2. The molecule has 0 saturated heterocycles. The molecule has 1 saturated carbocycles. The van der Waals surface area contributed by atoms with Crippen LogP contribution in [0.4, 0.5) is 0 Å². The maximum Gasteiger partial charge on any atom is 0.307 e. The van der Waals surface area contributed by atoms with Crippen LogP contribution < -0.4 is 0 Å². The predicted octanol–water partition coefficient (Wildman–Crippen LogP) is 1.37. The fourth-order valence-electron chi connectivity index (χ4n) is 1.82. The number of rotatable bonds is 4. The molecule has 0 aliphatic heterocycles. The standard InChI is InChI=1S/C10H14O4/c1-10(2)6(8(10)9(13)14)4-3-5-7(11)12/h3-4,6,8H,5H2,1-2H3,(H,11,12)(H,13,14). The summed E-state index contributed by atoms with van der Waals surface area (Å²) in [5, 5.41) is 17.2. The van der Waals surface area contributed by atoms with Gasteiger partial charge < -0.3 is 10.2 Å². The van der Waals surface area contributed by atoms with Crippen LogP contribution in [0.2, 0.25) is 0 Å². The number of aliphatic carboxylic acids is 2. The molecule has 78 valence electrons. The van der Waals surface area contributed by atoms with E-state index in [-0.39, 0.29) is 23.7 Å². The van der Waals surface area contributed by atoms with Crippen molar-refractivity contribution in [3.63, 3.8) is 0 Å². The van der Waals surface area contributed by atoms with Crippen molar-refractivity contribution in [2.24, 2.45) is 17.3 Å². The Kier molecular flexibility index (Phi) is 2.64. The minimum atomic E-state index is -0.897. The highest BCUT2D eigenvalue weighted by Gasteiger charge is 2.60. The van der Waals surface area contributed by atoms with Gasteiger partial charge in [-0.2, -0.15) is 0 Å². The second kappa shape index (κ2) is 3.44. The normalized spacial score (nSPS) is 29.0. The van der Waals surface area contributed by atoms with E-state index in [0.29, 0.717) is 0 Å². The third kappa shape index (κ3) is 1.95.